The number of piperazine rings is 1. The first-order valence-electron chi connectivity index (χ1n) is 5.78. The number of nitrogens with zero attached hydrogens (tertiary/aromatic N) is 2. The van der Waals surface area contributed by atoms with Crippen molar-refractivity contribution in [2.45, 2.75) is 0 Å². The highest BCUT2D eigenvalue weighted by atomic mass is 16.2. The Bertz CT molecular complexity index is 542. The minimum atomic E-state index is 0.0887. The van der Waals surface area contributed by atoms with E-state index in [1.807, 2.05) is 17.0 Å². The third-order valence-electron chi connectivity index (χ3n) is 3.09. The lowest BCUT2D eigenvalue weighted by atomic mass is 10.2. The van der Waals surface area contributed by atoms with Gasteiger partial charge in [-0.05, 0) is 12.1 Å². The van der Waals surface area contributed by atoms with E-state index in [-0.39, 0.29) is 5.91 Å². The molecule has 5 heteroatoms. The second-order valence-corrected chi connectivity index (χ2v) is 4.14. The van der Waals surface area contributed by atoms with Crippen LogP contribution in [0.3, 0.4) is 0 Å². The van der Waals surface area contributed by atoms with Crippen molar-refractivity contribution in [2.24, 2.45) is 0 Å². The number of aromatic nitrogens is 2. The number of amides is 1. The fourth-order valence-corrected chi connectivity index (χ4v) is 2.17. The number of carbonyl (C=O) groups is 1. The maximum atomic E-state index is 12.3. The SMILES string of the molecule is O=C(c1c[nH]c2ncccc12)N1CCNCC1. The Balaban J connectivity index is 1.95. The van der Waals surface area contributed by atoms with E-state index < -0.39 is 0 Å². The molecule has 2 N–H and O–H groups in total. The molecule has 88 valence electrons. The Morgan fingerprint density at radius 2 is 2.18 bits per heavy atom. The molecule has 1 saturated heterocycles. The van der Waals surface area contributed by atoms with Crippen LogP contribution in [0.2, 0.25) is 0 Å². The second-order valence-electron chi connectivity index (χ2n) is 4.14. The van der Waals surface area contributed by atoms with Crippen LogP contribution in [0.25, 0.3) is 11.0 Å². The third-order valence-corrected chi connectivity index (χ3v) is 3.09. The first kappa shape index (κ1) is 10.3. The lowest BCUT2D eigenvalue weighted by Crippen LogP contribution is -2.46. The monoisotopic (exact) mass is 230 g/mol. The van der Waals surface area contributed by atoms with Crippen molar-refractivity contribution < 1.29 is 4.79 Å². The number of hydrogen-bond acceptors (Lipinski definition) is 3. The molecule has 2 aromatic heterocycles. The molecular formula is C12H14N4O. The summed E-state index contributed by atoms with van der Waals surface area (Å²) in [7, 11) is 0. The van der Waals surface area contributed by atoms with E-state index in [0.29, 0.717) is 0 Å². The van der Waals surface area contributed by atoms with Gasteiger partial charge in [-0.15, -0.1) is 0 Å². The van der Waals surface area contributed by atoms with Crippen molar-refractivity contribution in [1.29, 1.82) is 0 Å². The van der Waals surface area contributed by atoms with Crippen LogP contribution in [-0.2, 0) is 0 Å². The molecule has 3 rings (SSSR count). The second kappa shape index (κ2) is 4.18. The van der Waals surface area contributed by atoms with E-state index in [1.165, 1.54) is 0 Å². The lowest BCUT2D eigenvalue weighted by Gasteiger charge is -2.27. The molecule has 1 amide bonds. The summed E-state index contributed by atoms with van der Waals surface area (Å²) in [5.41, 5.74) is 1.49. The molecule has 1 fully saturated rings. The fraction of sp³-hybridized carbons (Fsp3) is 0.333. The normalized spacial score (nSPS) is 16.4. The van der Waals surface area contributed by atoms with Gasteiger partial charge >= 0.3 is 0 Å². The number of rotatable bonds is 1. The maximum absolute atomic E-state index is 12.3. The van der Waals surface area contributed by atoms with Gasteiger partial charge in [0.2, 0.25) is 0 Å². The molecule has 0 saturated carbocycles. The van der Waals surface area contributed by atoms with E-state index in [9.17, 15) is 4.79 Å². The number of aromatic amines is 1. The quantitative estimate of drug-likeness (QED) is 0.754. The average Bonchev–Trinajstić information content (AvgIpc) is 2.83. The van der Waals surface area contributed by atoms with Gasteiger partial charge in [0, 0.05) is 44.0 Å². The summed E-state index contributed by atoms with van der Waals surface area (Å²) in [6, 6.07) is 3.78. The highest BCUT2D eigenvalue weighted by Crippen LogP contribution is 2.17. The molecule has 5 nitrogen and oxygen atoms in total. The maximum Gasteiger partial charge on any atom is 0.256 e. The smallest absolute Gasteiger partial charge is 0.256 e. The molecule has 0 atom stereocenters. The molecule has 2 aromatic rings. The van der Waals surface area contributed by atoms with Crippen molar-refractivity contribution in [3.8, 4) is 0 Å². The largest absolute Gasteiger partial charge is 0.345 e. The third kappa shape index (κ3) is 1.78. The molecule has 0 spiro atoms. The molecule has 3 heterocycles. The van der Waals surface area contributed by atoms with Crippen molar-refractivity contribution in [3.63, 3.8) is 0 Å². The first-order chi connectivity index (χ1) is 8.36. The van der Waals surface area contributed by atoms with Gasteiger partial charge in [0.25, 0.3) is 5.91 Å². The summed E-state index contributed by atoms with van der Waals surface area (Å²) in [5.74, 6) is 0.0887. The highest BCUT2D eigenvalue weighted by molar-refractivity contribution is 6.05. The fourth-order valence-electron chi connectivity index (χ4n) is 2.17. The summed E-state index contributed by atoms with van der Waals surface area (Å²) in [6.45, 7) is 3.27. The van der Waals surface area contributed by atoms with E-state index in [4.69, 9.17) is 0 Å². The zero-order valence-electron chi connectivity index (χ0n) is 9.44. The Kier molecular flexibility index (Phi) is 2.53. The number of H-pyrrole nitrogens is 1. The van der Waals surface area contributed by atoms with Gasteiger partial charge in [-0.25, -0.2) is 4.98 Å². The van der Waals surface area contributed by atoms with E-state index in [2.05, 4.69) is 15.3 Å². The highest BCUT2D eigenvalue weighted by Gasteiger charge is 2.20. The van der Waals surface area contributed by atoms with Gasteiger partial charge in [0.1, 0.15) is 5.65 Å². The number of hydrogen-bond donors (Lipinski definition) is 2. The van der Waals surface area contributed by atoms with Gasteiger partial charge in [0.15, 0.2) is 0 Å². The van der Waals surface area contributed by atoms with Crippen molar-refractivity contribution >= 4 is 16.9 Å². The van der Waals surface area contributed by atoms with Crippen LogP contribution in [0.15, 0.2) is 24.5 Å². The van der Waals surface area contributed by atoms with Gasteiger partial charge in [0.05, 0.1) is 5.56 Å². The van der Waals surface area contributed by atoms with Gasteiger partial charge in [-0.3, -0.25) is 4.79 Å². The molecule has 0 unspecified atom stereocenters. The van der Waals surface area contributed by atoms with Crippen LogP contribution in [-0.4, -0.2) is 47.0 Å². The van der Waals surface area contributed by atoms with Gasteiger partial charge in [-0.1, -0.05) is 0 Å². The summed E-state index contributed by atoms with van der Waals surface area (Å²) < 4.78 is 0. The molecule has 0 bridgehead atoms. The minimum absolute atomic E-state index is 0.0887. The van der Waals surface area contributed by atoms with E-state index in [1.54, 1.807) is 12.4 Å². The topological polar surface area (TPSA) is 61.0 Å². The Morgan fingerprint density at radius 3 is 3.00 bits per heavy atom. The van der Waals surface area contributed by atoms with Crippen LogP contribution in [0.4, 0.5) is 0 Å². The van der Waals surface area contributed by atoms with Crippen LogP contribution >= 0.6 is 0 Å². The van der Waals surface area contributed by atoms with Gasteiger partial charge < -0.3 is 15.2 Å². The Hall–Kier alpha value is -1.88. The van der Waals surface area contributed by atoms with Crippen molar-refractivity contribution in [1.82, 2.24) is 20.2 Å². The van der Waals surface area contributed by atoms with Crippen LogP contribution in [0.5, 0.6) is 0 Å². The number of carbonyl (C=O) groups excluding carboxylic acids is 1. The summed E-state index contributed by atoms with van der Waals surface area (Å²) in [4.78, 5) is 21.4. The van der Waals surface area contributed by atoms with Crippen molar-refractivity contribution in [2.75, 3.05) is 26.2 Å². The lowest BCUT2D eigenvalue weighted by molar-refractivity contribution is 0.0738. The minimum Gasteiger partial charge on any atom is -0.345 e. The molecule has 0 aromatic carbocycles. The Morgan fingerprint density at radius 1 is 1.35 bits per heavy atom. The molecule has 17 heavy (non-hydrogen) atoms. The van der Waals surface area contributed by atoms with Crippen molar-refractivity contribution in [3.05, 3.63) is 30.1 Å². The number of pyridine rings is 1. The van der Waals surface area contributed by atoms with E-state index >= 15 is 0 Å². The summed E-state index contributed by atoms with van der Waals surface area (Å²) >= 11 is 0. The number of nitrogens with one attached hydrogen (secondary N) is 2. The number of fused-ring (bicyclic) bond motifs is 1. The predicted molar refractivity (Wildman–Crippen MR) is 64.9 cm³/mol. The molecular weight excluding hydrogens is 216 g/mol. The summed E-state index contributed by atoms with van der Waals surface area (Å²) in [5, 5.41) is 4.14. The predicted octanol–water partition coefficient (Wildman–Crippen LogP) is 0.608. The van der Waals surface area contributed by atoms with Gasteiger partial charge in [-0.2, -0.15) is 0 Å². The zero-order chi connectivity index (χ0) is 11.7. The molecule has 1 aliphatic heterocycles. The van der Waals surface area contributed by atoms with Crippen LogP contribution < -0.4 is 5.32 Å². The molecule has 1 aliphatic rings. The van der Waals surface area contributed by atoms with E-state index in [0.717, 1.165) is 42.8 Å². The standard InChI is InChI=1S/C12H14N4O/c17-12(16-6-4-13-5-7-16)10-8-15-11-9(10)2-1-3-14-11/h1-3,8,13H,4-7H2,(H,14,15). The first-order valence-corrected chi connectivity index (χ1v) is 5.78. The average molecular weight is 230 g/mol. The summed E-state index contributed by atoms with van der Waals surface area (Å²) in [6.07, 6.45) is 3.47. The Labute approximate surface area is 98.8 Å². The zero-order valence-corrected chi connectivity index (χ0v) is 9.44. The molecule has 0 radical (unpaired) electrons. The molecule has 0 aliphatic carbocycles. The van der Waals surface area contributed by atoms with Crippen LogP contribution in [0, 0.1) is 0 Å². The van der Waals surface area contributed by atoms with Crippen LogP contribution in [0.1, 0.15) is 10.4 Å².